The third kappa shape index (κ3) is 4.76. The van der Waals surface area contributed by atoms with Crippen LogP contribution in [0.4, 0.5) is 0 Å². The molecule has 0 saturated heterocycles. The van der Waals surface area contributed by atoms with Crippen molar-refractivity contribution < 1.29 is 8.42 Å². The first kappa shape index (κ1) is 15.1. The summed E-state index contributed by atoms with van der Waals surface area (Å²) in [5.74, 6) is 0. The largest absolute Gasteiger partial charge is 0.313 e. The quantitative estimate of drug-likeness (QED) is 0.709. The molecule has 18 heavy (non-hydrogen) atoms. The summed E-state index contributed by atoms with van der Waals surface area (Å²) in [6.07, 6.45) is 1.83. The summed E-state index contributed by atoms with van der Waals surface area (Å²) >= 11 is 0. The highest BCUT2D eigenvalue weighted by molar-refractivity contribution is 7.89. The van der Waals surface area contributed by atoms with Crippen LogP contribution in [0.15, 0.2) is 29.2 Å². The molecule has 102 valence electrons. The van der Waals surface area contributed by atoms with Gasteiger partial charge in [-0.3, -0.25) is 0 Å². The van der Waals surface area contributed by atoms with Crippen LogP contribution in [0.2, 0.25) is 0 Å². The Morgan fingerprint density at radius 2 is 2.00 bits per heavy atom. The predicted molar refractivity (Wildman–Crippen MR) is 73.9 cm³/mol. The average Bonchev–Trinajstić information content (AvgIpc) is 2.37. The molecule has 1 rings (SSSR count). The van der Waals surface area contributed by atoms with Crippen LogP contribution < -0.4 is 10.0 Å². The van der Waals surface area contributed by atoms with E-state index in [-0.39, 0.29) is 0 Å². The molecular weight excluding hydrogens is 248 g/mol. The minimum absolute atomic E-state index is 0.342. The molecule has 0 spiro atoms. The van der Waals surface area contributed by atoms with Crippen molar-refractivity contribution in [2.75, 3.05) is 13.1 Å². The molecule has 1 aromatic carbocycles. The maximum Gasteiger partial charge on any atom is 0.240 e. The van der Waals surface area contributed by atoms with Crippen molar-refractivity contribution in [3.8, 4) is 0 Å². The van der Waals surface area contributed by atoms with Gasteiger partial charge in [-0.2, -0.15) is 0 Å². The molecule has 0 aliphatic heterocycles. The van der Waals surface area contributed by atoms with E-state index in [9.17, 15) is 8.42 Å². The van der Waals surface area contributed by atoms with Gasteiger partial charge in [0, 0.05) is 13.1 Å². The van der Waals surface area contributed by atoms with Gasteiger partial charge in [-0.05, 0) is 30.7 Å². The fourth-order valence-corrected chi connectivity index (χ4v) is 2.70. The van der Waals surface area contributed by atoms with Gasteiger partial charge in [0.25, 0.3) is 0 Å². The number of benzene rings is 1. The molecule has 0 unspecified atom stereocenters. The summed E-state index contributed by atoms with van der Waals surface area (Å²) < 4.78 is 26.6. The van der Waals surface area contributed by atoms with E-state index in [0.29, 0.717) is 18.0 Å². The van der Waals surface area contributed by atoms with Gasteiger partial charge >= 0.3 is 0 Å². The third-order valence-electron chi connectivity index (χ3n) is 2.61. The predicted octanol–water partition coefficient (Wildman–Crippen LogP) is 1.87. The Morgan fingerprint density at radius 3 is 2.67 bits per heavy atom. The number of unbranched alkanes of at least 4 members (excludes halogenated alkanes) is 1. The average molecular weight is 270 g/mol. The Kier molecular flexibility index (Phi) is 6.32. The van der Waals surface area contributed by atoms with Crippen LogP contribution in [0.1, 0.15) is 32.3 Å². The Bertz CT molecular complexity index is 458. The summed E-state index contributed by atoms with van der Waals surface area (Å²) in [5.41, 5.74) is 0.982. The summed E-state index contributed by atoms with van der Waals surface area (Å²) in [4.78, 5) is 0.342. The van der Waals surface area contributed by atoms with Gasteiger partial charge < -0.3 is 5.32 Å². The molecule has 0 aliphatic carbocycles. The van der Waals surface area contributed by atoms with Crippen molar-refractivity contribution in [1.82, 2.24) is 10.0 Å². The van der Waals surface area contributed by atoms with Gasteiger partial charge in [0.1, 0.15) is 0 Å². The first-order valence-corrected chi connectivity index (χ1v) is 7.87. The van der Waals surface area contributed by atoms with E-state index < -0.39 is 10.0 Å². The molecule has 0 fully saturated rings. The lowest BCUT2D eigenvalue weighted by molar-refractivity contribution is 0.578. The second kappa shape index (κ2) is 7.51. The monoisotopic (exact) mass is 270 g/mol. The smallest absolute Gasteiger partial charge is 0.240 e. The van der Waals surface area contributed by atoms with Crippen molar-refractivity contribution in [1.29, 1.82) is 0 Å². The van der Waals surface area contributed by atoms with Crippen molar-refractivity contribution in [2.24, 2.45) is 0 Å². The van der Waals surface area contributed by atoms with Crippen LogP contribution in [-0.2, 0) is 16.6 Å². The lowest BCUT2D eigenvalue weighted by Gasteiger charge is -2.08. The van der Waals surface area contributed by atoms with Gasteiger partial charge in [0.15, 0.2) is 0 Å². The van der Waals surface area contributed by atoms with E-state index in [1.54, 1.807) is 18.2 Å². The summed E-state index contributed by atoms with van der Waals surface area (Å²) in [5, 5.41) is 3.18. The molecule has 1 aromatic rings. The molecule has 2 N–H and O–H groups in total. The third-order valence-corrected chi connectivity index (χ3v) is 4.07. The zero-order chi connectivity index (χ0) is 13.4. The second-order valence-electron chi connectivity index (χ2n) is 4.18. The van der Waals surface area contributed by atoms with Gasteiger partial charge in [0.2, 0.25) is 10.0 Å². The van der Waals surface area contributed by atoms with E-state index >= 15 is 0 Å². The SMILES string of the molecule is CCCCNS(=O)(=O)c1cccc(CNCC)c1. The molecule has 4 nitrogen and oxygen atoms in total. The number of hydrogen-bond donors (Lipinski definition) is 2. The Hall–Kier alpha value is -0.910. The van der Waals surface area contributed by atoms with Crippen molar-refractivity contribution in [2.45, 2.75) is 38.1 Å². The molecule has 0 atom stereocenters. The first-order valence-electron chi connectivity index (χ1n) is 6.39. The van der Waals surface area contributed by atoms with Crippen LogP contribution in [-0.4, -0.2) is 21.5 Å². The molecule has 0 saturated carbocycles. The van der Waals surface area contributed by atoms with Crippen LogP contribution >= 0.6 is 0 Å². The normalized spacial score (nSPS) is 11.7. The van der Waals surface area contributed by atoms with Crippen molar-refractivity contribution >= 4 is 10.0 Å². The molecule has 0 aromatic heterocycles. The molecular formula is C13H22N2O2S. The highest BCUT2D eigenvalue weighted by atomic mass is 32.2. The molecule has 0 amide bonds. The van der Waals surface area contributed by atoms with Crippen LogP contribution in [0, 0.1) is 0 Å². The maximum atomic E-state index is 12.0. The van der Waals surface area contributed by atoms with Gasteiger partial charge in [-0.15, -0.1) is 0 Å². The number of nitrogens with one attached hydrogen (secondary N) is 2. The summed E-state index contributed by atoms with van der Waals surface area (Å²) in [6.45, 7) is 6.11. The summed E-state index contributed by atoms with van der Waals surface area (Å²) in [7, 11) is -3.36. The minimum atomic E-state index is -3.36. The van der Waals surface area contributed by atoms with E-state index in [4.69, 9.17) is 0 Å². The van der Waals surface area contributed by atoms with E-state index in [1.807, 2.05) is 19.9 Å². The highest BCUT2D eigenvalue weighted by Crippen LogP contribution is 2.11. The maximum absolute atomic E-state index is 12.0. The second-order valence-corrected chi connectivity index (χ2v) is 5.95. The topological polar surface area (TPSA) is 58.2 Å². The van der Waals surface area contributed by atoms with Crippen molar-refractivity contribution in [3.05, 3.63) is 29.8 Å². The highest BCUT2D eigenvalue weighted by Gasteiger charge is 2.13. The van der Waals surface area contributed by atoms with E-state index in [2.05, 4.69) is 10.0 Å². The fraction of sp³-hybridized carbons (Fsp3) is 0.538. The van der Waals surface area contributed by atoms with Crippen LogP contribution in [0.5, 0.6) is 0 Å². The Morgan fingerprint density at radius 1 is 1.22 bits per heavy atom. The number of sulfonamides is 1. The van der Waals surface area contributed by atoms with E-state index in [0.717, 1.165) is 24.9 Å². The van der Waals surface area contributed by atoms with Crippen LogP contribution in [0.25, 0.3) is 0 Å². The molecule has 5 heteroatoms. The molecule has 0 aliphatic rings. The summed E-state index contributed by atoms with van der Waals surface area (Å²) in [6, 6.07) is 7.05. The minimum Gasteiger partial charge on any atom is -0.313 e. The Balaban J connectivity index is 2.75. The zero-order valence-corrected chi connectivity index (χ0v) is 11.9. The van der Waals surface area contributed by atoms with Crippen molar-refractivity contribution in [3.63, 3.8) is 0 Å². The molecule has 0 radical (unpaired) electrons. The molecule has 0 bridgehead atoms. The number of hydrogen-bond acceptors (Lipinski definition) is 3. The van der Waals surface area contributed by atoms with Gasteiger partial charge in [-0.25, -0.2) is 13.1 Å². The van der Waals surface area contributed by atoms with Crippen LogP contribution in [0.3, 0.4) is 0 Å². The standard InChI is InChI=1S/C13H22N2O2S/c1-3-5-9-15-18(16,17)13-8-6-7-12(10-13)11-14-4-2/h6-8,10,14-15H,3-5,9,11H2,1-2H3. The lowest BCUT2D eigenvalue weighted by Crippen LogP contribution is -2.25. The van der Waals surface area contributed by atoms with E-state index in [1.165, 1.54) is 0 Å². The zero-order valence-electron chi connectivity index (χ0n) is 11.1. The fourth-order valence-electron chi connectivity index (χ4n) is 1.56. The number of rotatable bonds is 8. The lowest BCUT2D eigenvalue weighted by atomic mass is 10.2. The first-order chi connectivity index (χ1) is 8.60. The Labute approximate surface area is 110 Å². The molecule has 0 heterocycles. The van der Waals surface area contributed by atoms with Gasteiger partial charge in [-0.1, -0.05) is 32.4 Å². The van der Waals surface area contributed by atoms with Gasteiger partial charge in [0.05, 0.1) is 4.90 Å².